The van der Waals surface area contributed by atoms with Crippen molar-refractivity contribution in [3.8, 4) is 0 Å². The van der Waals surface area contributed by atoms with Crippen molar-refractivity contribution >= 4 is 17.6 Å². The van der Waals surface area contributed by atoms with Gasteiger partial charge in [-0.15, -0.1) is 0 Å². The van der Waals surface area contributed by atoms with Gasteiger partial charge in [-0.25, -0.2) is 4.98 Å². The molecule has 1 aliphatic rings. The van der Waals surface area contributed by atoms with Crippen LogP contribution >= 0.6 is 0 Å². The molecular weight excluding hydrogens is 254 g/mol. The lowest BCUT2D eigenvalue weighted by molar-refractivity contribution is -0.132. The van der Waals surface area contributed by atoms with Crippen molar-refractivity contribution in [2.45, 2.75) is 27.7 Å². The van der Waals surface area contributed by atoms with Crippen LogP contribution in [-0.4, -0.2) is 23.3 Å². The summed E-state index contributed by atoms with van der Waals surface area (Å²) in [6.07, 6.45) is 0. The number of anilines is 1. The summed E-state index contributed by atoms with van der Waals surface area (Å²) < 4.78 is 0. The van der Waals surface area contributed by atoms with E-state index in [-0.39, 0.29) is 23.1 Å². The predicted molar refractivity (Wildman–Crippen MR) is 77.0 cm³/mol. The van der Waals surface area contributed by atoms with Crippen LogP contribution in [0.3, 0.4) is 0 Å². The molecule has 2 amide bonds. The molecule has 2 rings (SSSR count). The average molecular weight is 275 g/mol. The summed E-state index contributed by atoms with van der Waals surface area (Å²) in [5.74, 6) is -0.660. The van der Waals surface area contributed by atoms with Crippen molar-refractivity contribution in [1.82, 2.24) is 10.3 Å². The molecule has 1 aliphatic heterocycles. The van der Waals surface area contributed by atoms with E-state index in [9.17, 15) is 9.59 Å². The number of hydrogen-bond acceptors (Lipinski definition) is 3. The molecule has 0 aromatic carbocycles. The summed E-state index contributed by atoms with van der Waals surface area (Å²) >= 11 is 0. The van der Waals surface area contributed by atoms with E-state index in [1.54, 1.807) is 6.07 Å². The van der Waals surface area contributed by atoms with Crippen molar-refractivity contribution in [2.75, 3.05) is 11.9 Å². The Morgan fingerprint density at radius 1 is 1.40 bits per heavy atom. The predicted octanol–water partition coefficient (Wildman–Crippen LogP) is 1.74. The molecule has 1 aromatic rings. The normalized spacial score (nSPS) is 22.5. The lowest BCUT2D eigenvalue weighted by atomic mass is 9.74. The molecule has 5 nitrogen and oxygen atoms in total. The van der Waals surface area contributed by atoms with E-state index in [2.05, 4.69) is 15.6 Å². The van der Waals surface area contributed by atoms with Gasteiger partial charge in [-0.3, -0.25) is 9.59 Å². The molecule has 1 aromatic heterocycles. The zero-order valence-electron chi connectivity index (χ0n) is 12.4. The Morgan fingerprint density at radius 3 is 2.70 bits per heavy atom. The molecule has 108 valence electrons. The monoisotopic (exact) mass is 275 g/mol. The molecule has 1 saturated heterocycles. The maximum Gasteiger partial charge on any atom is 0.238 e. The maximum atomic E-state index is 12.4. The van der Waals surface area contributed by atoms with Crippen LogP contribution in [0.25, 0.3) is 0 Å². The molecule has 0 unspecified atom stereocenters. The molecule has 1 fully saturated rings. The highest BCUT2D eigenvalue weighted by Crippen LogP contribution is 2.35. The minimum atomic E-state index is -0.655. The molecule has 5 heteroatoms. The van der Waals surface area contributed by atoms with Crippen molar-refractivity contribution < 1.29 is 9.59 Å². The number of nitrogens with one attached hydrogen (secondary N) is 2. The minimum absolute atomic E-state index is 0.0141. The van der Waals surface area contributed by atoms with Gasteiger partial charge in [-0.1, -0.05) is 26.8 Å². The molecule has 0 radical (unpaired) electrons. The average Bonchev–Trinajstić information content (AvgIpc) is 2.71. The molecule has 0 saturated carbocycles. The van der Waals surface area contributed by atoms with E-state index >= 15 is 0 Å². The quantitative estimate of drug-likeness (QED) is 0.808. The van der Waals surface area contributed by atoms with Gasteiger partial charge in [0, 0.05) is 18.2 Å². The fourth-order valence-corrected chi connectivity index (χ4v) is 2.55. The van der Waals surface area contributed by atoms with Gasteiger partial charge in [0.1, 0.15) is 11.7 Å². The second-order valence-corrected chi connectivity index (χ2v) is 6.35. The molecule has 0 bridgehead atoms. The highest BCUT2D eigenvalue weighted by molar-refractivity contribution is 6.07. The first-order valence-electron chi connectivity index (χ1n) is 6.81. The second kappa shape index (κ2) is 5.23. The first-order chi connectivity index (χ1) is 9.29. The Labute approximate surface area is 119 Å². The number of amides is 2. The third-order valence-electron chi connectivity index (χ3n) is 3.72. The van der Waals surface area contributed by atoms with Gasteiger partial charge >= 0.3 is 0 Å². The third kappa shape index (κ3) is 2.98. The largest absolute Gasteiger partial charge is 0.355 e. The number of carbonyl (C=O) groups is 2. The lowest BCUT2D eigenvalue weighted by Crippen LogP contribution is -2.37. The summed E-state index contributed by atoms with van der Waals surface area (Å²) in [4.78, 5) is 28.6. The SMILES string of the molecule is Cc1cccc(NC(=O)[C@@H]2C(=O)NC[C@@H]2C(C)(C)C)n1. The summed E-state index contributed by atoms with van der Waals surface area (Å²) in [6.45, 7) is 8.53. The first-order valence-corrected chi connectivity index (χ1v) is 6.81. The van der Waals surface area contributed by atoms with E-state index in [1.165, 1.54) is 0 Å². The number of aryl methyl sites for hydroxylation is 1. The summed E-state index contributed by atoms with van der Waals surface area (Å²) in [5, 5.41) is 5.53. The van der Waals surface area contributed by atoms with Crippen LogP contribution in [0.4, 0.5) is 5.82 Å². The zero-order chi connectivity index (χ0) is 14.9. The Bertz CT molecular complexity index is 534. The highest BCUT2D eigenvalue weighted by atomic mass is 16.2. The van der Waals surface area contributed by atoms with Crippen LogP contribution in [0.15, 0.2) is 18.2 Å². The fourth-order valence-electron chi connectivity index (χ4n) is 2.55. The number of hydrogen-bond donors (Lipinski definition) is 2. The standard InChI is InChI=1S/C15H21N3O2/c1-9-6-5-7-11(17-9)18-14(20)12-10(15(2,3)4)8-16-13(12)19/h5-7,10,12H,8H2,1-4H3,(H,16,19)(H,17,18,20)/t10-,12-/m0/s1. The van der Waals surface area contributed by atoms with Crippen LogP contribution in [-0.2, 0) is 9.59 Å². The van der Waals surface area contributed by atoms with E-state index in [0.717, 1.165) is 5.69 Å². The zero-order valence-corrected chi connectivity index (χ0v) is 12.4. The smallest absolute Gasteiger partial charge is 0.238 e. The van der Waals surface area contributed by atoms with E-state index in [1.807, 2.05) is 39.8 Å². The van der Waals surface area contributed by atoms with Gasteiger partial charge in [0.25, 0.3) is 0 Å². The second-order valence-electron chi connectivity index (χ2n) is 6.35. The van der Waals surface area contributed by atoms with Gasteiger partial charge in [-0.05, 0) is 24.5 Å². The Hall–Kier alpha value is -1.91. The molecular formula is C15H21N3O2. The summed E-state index contributed by atoms with van der Waals surface area (Å²) in [6, 6.07) is 5.41. The Balaban J connectivity index is 2.17. The van der Waals surface area contributed by atoms with Crippen molar-refractivity contribution in [3.05, 3.63) is 23.9 Å². The van der Waals surface area contributed by atoms with Crippen molar-refractivity contribution in [3.63, 3.8) is 0 Å². The van der Waals surface area contributed by atoms with E-state index in [4.69, 9.17) is 0 Å². The summed E-state index contributed by atoms with van der Waals surface area (Å²) in [5.41, 5.74) is 0.715. The number of carbonyl (C=O) groups excluding carboxylic acids is 2. The molecule has 2 atom stereocenters. The van der Waals surface area contributed by atoms with Crippen LogP contribution in [0.1, 0.15) is 26.5 Å². The maximum absolute atomic E-state index is 12.4. The number of rotatable bonds is 2. The fraction of sp³-hybridized carbons (Fsp3) is 0.533. The van der Waals surface area contributed by atoms with Crippen LogP contribution in [0.2, 0.25) is 0 Å². The minimum Gasteiger partial charge on any atom is -0.355 e. The van der Waals surface area contributed by atoms with Crippen LogP contribution < -0.4 is 10.6 Å². The van der Waals surface area contributed by atoms with E-state index < -0.39 is 5.92 Å². The van der Waals surface area contributed by atoms with Crippen molar-refractivity contribution in [1.29, 1.82) is 0 Å². The number of nitrogens with zero attached hydrogens (tertiary/aromatic N) is 1. The van der Waals surface area contributed by atoms with Gasteiger partial charge in [0.2, 0.25) is 11.8 Å². The lowest BCUT2D eigenvalue weighted by Gasteiger charge is -2.29. The Kier molecular flexibility index (Phi) is 3.79. The van der Waals surface area contributed by atoms with Crippen LogP contribution in [0.5, 0.6) is 0 Å². The topological polar surface area (TPSA) is 71.1 Å². The van der Waals surface area contributed by atoms with Gasteiger partial charge in [0.15, 0.2) is 0 Å². The Morgan fingerprint density at radius 2 is 2.10 bits per heavy atom. The van der Waals surface area contributed by atoms with Crippen LogP contribution in [0, 0.1) is 24.2 Å². The first kappa shape index (κ1) is 14.5. The van der Waals surface area contributed by atoms with E-state index in [0.29, 0.717) is 12.4 Å². The van der Waals surface area contributed by atoms with Crippen molar-refractivity contribution in [2.24, 2.45) is 17.3 Å². The van der Waals surface area contributed by atoms with Gasteiger partial charge in [0.05, 0.1) is 0 Å². The highest BCUT2D eigenvalue weighted by Gasteiger charge is 2.45. The molecule has 2 N–H and O–H groups in total. The van der Waals surface area contributed by atoms with Gasteiger partial charge in [-0.2, -0.15) is 0 Å². The van der Waals surface area contributed by atoms with Gasteiger partial charge < -0.3 is 10.6 Å². The molecule has 0 aliphatic carbocycles. The molecule has 20 heavy (non-hydrogen) atoms. The summed E-state index contributed by atoms with van der Waals surface area (Å²) in [7, 11) is 0. The number of pyridine rings is 1. The molecule has 0 spiro atoms. The third-order valence-corrected chi connectivity index (χ3v) is 3.72. The number of aromatic nitrogens is 1. The molecule has 2 heterocycles.